The summed E-state index contributed by atoms with van der Waals surface area (Å²) in [4.78, 5) is 8.65. The van der Waals surface area contributed by atoms with Crippen LogP contribution >= 0.6 is 0 Å². The predicted octanol–water partition coefficient (Wildman–Crippen LogP) is 3.74. The molecule has 2 aromatic carbocycles. The zero-order chi connectivity index (χ0) is 21.3. The Bertz CT molecular complexity index is 1250. The van der Waals surface area contributed by atoms with E-state index in [0.717, 1.165) is 17.5 Å². The smallest absolute Gasteiger partial charge is 0.137 e. The van der Waals surface area contributed by atoms with Crippen LogP contribution in [-0.2, 0) is 12.0 Å². The van der Waals surface area contributed by atoms with Crippen LogP contribution in [0.25, 0.3) is 10.9 Å². The van der Waals surface area contributed by atoms with Crippen molar-refractivity contribution in [3.63, 3.8) is 0 Å². The third-order valence-electron chi connectivity index (χ3n) is 5.30. The van der Waals surface area contributed by atoms with Crippen LogP contribution in [0.3, 0.4) is 0 Å². The summed E-state index contributed by atoms with van der Waals surface area (Å²) in [6, 6.07) is 13.8. The minimum atomic E-state index is -1.77. The molecular formula is C22H17F2N5O. The molecule has 0 bridgehead atoms. The average Bonchev–Trinajstić information content (AvgIpc) is 3.25. The van der Waals surface area contributed by atoms with E-state index in [0.29, 0.717) is 22.6 Å². The Balaban J connectivity index is 1.82. The van der Waals surface area contributed by atoms with Crippen LogP contribution in [-0.4, -0.2) is 25.3 Å². The lowest BCUT2D eigenvalue weighted by Crippen LogP contribution is -2.36. The second-order valence-electron chi connectivity index (χ2n) is 7.13. The number of fused-ring (bicyclic) bond motifs is 1. The Morgan fingerprint density at radius 3 is 2.70 bits per heavy atom. The van der Waals surface area contributed by atoms with Gasteiger partial charge in [-0.3, -0.25) is 10.1 Å². The minimum absolute atomic E-state index is 0.0606. The Morgan fingerprint density at radius 2 is 2.00 bits per heavy atom. The first-order chi connectivity index (χ1) is 14.4. The third kappa shape index (κ3) is 3.51. The van der Waals surface area contributed by atoms with Gasteiger partial charge in [0.1, 0.15) is 29.4 Å². The van der Waals surface area contributed by atoms with Crippen molar-refractivity contribution < 1.29 is 13.9 Å². The molecule has 0 aliphatic carbocycles. The van der Waals surface area contributed by atoms with E-state index in [1.54, 1.807) is 37.3 Å². The molecule has 6 nitrogen and oxygen atoms in total. The second kappa shape index (κ2) is 7.61. The number of pyridine rings is 1. The first kappa shape index (κ1) is 19.6. The van der Waals surface area contributed by atoms with Gasteiger partial charge in [-0.2, -0.15) is 10.4 Å². The fraction of sp³-hybridized carbons (Fsp3) is 0.182. The molecule has 0 fully saturated rings. The number of hydrogen-bond acceptors (Lipinski definition) is 5. The van der Waals surface area contributed by atoms with Crippen molar-refractivity contribution in [3.05, 3.63) is 89.1 Å². The highest BCUT2D eigenvalue weighted by atomic mass is 19.1. The van der Waals surface area contributed by atoms with Gasteiger partial charge in [0.05, 0.1) is 17.1 Å². The van der Waals surface area contributed by atoms with Gasteiger partial charge in [0.15, 0.2) is 0 Å². The molecule has 2 N–H and O–H groups in total. The number of aliphatic hydroxyl groups is 1. The van der Waals surface area contributed by atoms with Crippen LogP contribution in [0.15, 0.2) is 54.9 Å². The molecule has 0 radical (unpaired) electrons. The Kier molecular flexibility index (Phi) is 4.98. The van der Waals surface area contributed by atoms with Gasteiger partial charge in [-0.25, -0.2) is 13.8 Å². The normalized spacial score (nSPS) is 14.2. The number of aromatic amines is 1. The van der Waals surface area contributed by atoms with Crippen molar-refractivity contribution in [3.8, 4) is 6.07 Å². The Hall–Kier alpha value is -3.70. The van der Waals surface area contributed by atoms with Crippen molar-refractivity contribution in [1.82, 2.24) is 20.2 Å². The molecule has 8 heteroatoms. The molecule has 150 valence electrons. The lowest BCUT2D eigenvalue weighted by Gasteiger charge is -2.34. The number of halogens is 2. The lowest BCUT2D eigenvalue weighted by molar-refractivity contribution is 0.00630. The van der Waals surface area contributed by atoms with Crippen molar-refractivity contribution >= 4 is 10.9 Å². The fourth-order valence-electron chi connectivity index (χ4n) is 3.59. The zero-order valence-corrected chi connectivity index (χ0v) is 16.0. The zero-order valence-electron chi connectivity index (χ0n) is 16.0. The summed E-state index contributed by atoms with van der Waals surface area (Å²) in [6.45, 7) is 1.72. The van der Waals surface area contributed by atoms with Crippen LogP contribution < -0.4 is 0 Å². The Morgan fingerprint density at radius 1 is 1.17 bits per heavy atom. The number of nitrogens with one attached hydrogen (secondary N) is 1. The summed E-state index contributed by atoms with van der Waals surface area (Å²) in [6.07, 6.45) is 1.21. The molecule has 30 heavy (non-hydrogen) atoms. The monoisotopic (exact) mass is 405 g/mol. The van der Waals surface area contributed by atoms with E-state index < -0.39 is 23.2 Å². The van der Waals surface area contributed by atoms with E-state index >= 15 is 0 Å². The van der Waals surface area contributed by atoms with Crippen LogP contribution in [0.5, 0.6) is 0 Å². The van der Waals surface area contributed by atoms with Gasteiger partial charge in [-0.1, -0.05) is 19.1 Å². The van der Waals surface area contributed by atoms with E-state index in [4.69, 9.17) is 5.26 Å². The van der Waals surface area contributed by atoms with Crippen molar-refractivity contribution in [2.45, 2.75) is 24.9 Å². The number of benzene rings is 2. The third-order valence-corrected chi connectivity index (χ3v) is 5.30. The van der Waals surface area contributed by atoms with Gasteiger partial charge < -0.3 is 5.11 Å². The molecule has 4 rings (SSSR count). The van der Waals surface area contributed by atoms with E-state index in [1.165, 1.54) is 12.4 Å². The van der Waals surface area contributed by atoms with Crippen molar-refractivity contribution in [2.24, 2.45) is 0 Å². The summed E-state index contributed by atoms with van der Waals surface area (Å²) in [7, 11) is 0. The second-order valence-corrected chi connectivity index (χ2v) is 7.13. The number of nitrogens with zero attached hydrogens (tertiary/aromatic N) is 4. The van der Waals surface area contributed by atoms with Crippen molar-refractivity contribution in [1.29, 1.82) is 5.26 Å². The molecule has 4 aromatic rings. The van der Waals surface area contributed by atoms with E-state index in [1.807, 2.05) is 0 Å². The quantitative estimate of drug-likeness (QED) is 0.527. The fourth-order valence-corrected chi connectivity index (χ4v) is 3.59. The lowest BCUT2D eigenvalue weighted by atomic mass is 9.77. The SMILES string of the molecule is CC(c1ccc2cc(C#N)ccc2n1)C(O)(Cc1ncn[nH]1)c1ccc(F)cc1F. The highest BCUT2D eigenvalue weighted by Crippen LogP contribution is 2.40. The number of aromatic nitrogens is 4. The molecule has 2 aromatic heterocycles. The largest absolute Gasteiger partial charge is 0.384 e. The molecular weight excluding hydrogens is 388 g/mol. The predicted molar refractivity (Wildman–Crippen MR) is 105 cm³/mol. The maximum absolute atomic E-state index is 14.7. The Labute approximate surface area is 170 Å². The molecule has 0 spiro atoms. The highest BCUT2D eigenvalue weighted by molar-refractivity contribution is 5.80. The van der Waals surface area contributed by atoms with Crippen LogP contribution in [0.2, 0.25) is 0 Å². The van der Waals surface area contributed by atoms with Gasteiger partial charge in [-0.15, -0.1) is 0 Å². The topological polar surface area (TPSA) is 98.5 Å². The summed E-state index contributed by atoms with van der Waals surface area (Å²) < 4.78 is 28.2. The number of rotatable bonds is 5. The molecule has 2 heterocycles. The summed E-state index contributed by atoms with van der Waals surface area (Å²) in [5.41, 5.74) is -0.169. The van der Waals surface area contributed by atoms with Gasteiger partial charge in [-0.05, 0) is 30.3 Å². The maximum atomic E-state index is 14.7. The number of nitriles is 1. The summed E-state index contributed by atoms with van der Waals surface area (Å²) in [5, 5.41) is 28.0. The van der Waals surface area contributed by atoms with Crippen LogP contribution in [0.4, 0.5) is 8.78 Å². The minimum Gasteiger partial charge on any atom is -0.384 e. The van der Waals surface area contributed by atoms with Gasteiger partial charge >= 0.3 is 0 Å². The molecule has 2 atom stereocenters. The highest BCUT2D eigenvalue weighted by Gasteiger charge is 2.40. The van der Waals surface area contributed by atoms with Crippen LogP contribution in [0, 0.1) is 23.0 Å². The maximum Gasteiger partial charge on any atom is 0.137 e. The van der Waals surface area contributed by atoms with E-state index in [-0.39, 0.29) is 12.0 Å². The van der Waals surface area contributed by atoms with E-state index in [9.17, 15) is 13.9 Å². The van der Waals surface area contributed by atoms with Gasteiger partial charge in [0.2, 0.25) is 0 Å². The molecule has 2 unspecified atom stereocenters. The van der Waals surface area contributed by atoms with E-state index in [2.05, 4.69) is 26.2 Å². The molecule has 0 saturated carbocycles. The summed E-state index contributed by atoms with van der Waals surface area (Å²) >= 11 is 0. The first-order valence-corrected chi connectivity index (χ1v) is 9.23. The van der Waals surface area contributed by atoms with Crippen LogP contribution in [0.1, 0.15) is 35.5 Å². The van der Waals surface area contributed by atoms with Gasteiger partial charge in [0.25, 0.3) is 0 Å². The number of H-pyrrole nitrogens is 1. The first-order valence-electron chi connectivity index (χ1n) is 9.23. The van der Waals surface area contributed by atoms with Crippen molar-refractivity contribution in [2.75, 3.05) is 0 Å². The number of hydrogen-bond donors (Lipinski definition) is 2. The molecule has 0 aliphatic heterocycles. The summed E-state index contributed by atoms with van der Waals surface area (Å²) in [5.74, 6) is -1.92. The molecule has 0 saturated heterocycles. The standard InChI is InChI=1S/C22H17F2N5O/c1-13(19-7-3-15-8-14(11-25)2-6-20(15)28-19)22(30,10-21-26-12-27-29-21)17-5-4-16(23)9-18(17)24/h2-9,12-13,30H,10H2,1H3,(H,26,27,29). The molecule has 0 aliphatic rings. The molecule has 0 amide bonds. The van der Waals surface area contributed by atoms with Gasteiger partial charge in [0, 0.05) is 35.0 Å². The average molecular weight is 405 g/mol.